The van der Waals surface area contributed by atoms with Crippen molar-refractivity contribution in [1.82, 2.24) is 9.62 Å². The van der Waals surface area contributed by atoms with Gasteiger partial charge in [-0.25, -0.2) is 21.5 Å². The van der Waals surface area contributed by atoms with Crippen LogP contribution in [0.3, 0.4) is 0 Å². The van der Waals surface area contributed by atoms with Crippen LogP contribution in [0.2, 0.25) is 0 Å². The monoisotopic (exact) mass is 278 g/mol. The molecule has 0 radical (unpaired) electrons. The summed E-state index contributed by atoms with van der Waals surface area (Å²) in [5, 5.41) is 2.76. The van der Waals surface area contributed by atoms with Crippen molar-refractivity contribution in [2.24, 2.45) is 0 Å². The minimum absolute atomic E-state index is 0.180. The molecule has 0 saturated carbocycles. The first-order chi connectivity index (χ1) is 8.34. The van der Waals surface area contributed by atoms with E-state index in [0.29, 0.717) is 5.56 Å². The Balaban J connectivity index is 3.40. The number of sulfonamides is 1. The molecule has 0 aliphatic rings. The molecule has 18 heavy (non-hydrogen) atoms. The number of rotatable bonds is 5. The fraction of sp³-hybridized carbons (Fsp3) is 0.455. The summed E-state index contributed by atoms with van der Waals surface area (Å²) in [6.45, 7) is 2.05. The molecule has 1 N–H and O–H groups in total. The van der Waals surface area contributed by atoms with Crippen LogP contribution in [-0.4, -0.2) is 33.4 Å². The first-order valence-corrected chi connectivity index (χ1v) is 6.87. The van der Waals surface area contributed by atoms with Gasteiger partial charge in [0.05, 0.1) is 0 Å². The van der Waals surface area contributed by atoms with E-state index in [1.165, 1.54) is 7.05 Å². The summed E-state index contributed by atoms with van der Waals surface area (Å²) >= 11 is 0. The minimum Gasteiger partial charge on any atom is -0.316 e. The summed E-state index contributed by atoms with van der Waals surface area (Å²) < 4.78 is 51.9. The Bertz CT molecular complexity index is 532. The van der Waals surface area contributed by atoms with Gasteiger partial charge < -0.3 is 5.32 Å². The summed E-state index contributed by atoms with van der Waals surface area (Å²) in [7, 11) is -1.04. The summed E-state index contributed by atoms with van der Waals surface area (Å²) in [6, 6.07) is 2.13. The topological polar surface area (TPSA) is 49.4 Å². The van der Waals surface area contributed by atoms with Crippen LogP contribution < -0.4 is 5.32 Å². The Labute approximate surface area is 106 Å². The molecule has 1 aromatic rings. The van der Waals surface area contributed by atoms with Crippen LogP contribution in [0, 0.1) is 11.6 Å². The molecule has 1 aromatic carbocycles. The maximum atomic E-state index is 13.6. The molecule has 0 saturated heterocycles. The van der Waals surface area contributed by atoms with E-state index in [1.807, 2.05) is 0 Å². The number of nitrogens with zero attached hydrogens (tertiary/aromatic N) is 1. The van der Waals surface area contributed by atoms with Crippen LogP contribution in [0.15, 0.2) is 17.0 Å². The van der Waals surface area contributed by atoms with Crippen molar-refractivity contribution in [2.45, 2.75) is 18.4 Å². The van der Waals surface area contributed by atoms with Gasteiger partial charge in [0.2, 0.25) is 10.0 Å². The van der Waals surface area contributed by atoms with Crippen molar-refractivity contribution in [2.75, 3.05) is 20.6 Å². The first kappa shape index (κ1) is 15.0. The second kappa shape index (κ2) is 5.73. The fourth-order valence-electron chi connectivity index (χ4n) is 1.45. The summed E-state index contributed by atoms with van der Waals surface area (Å²) in [5.74, 6) is -2.50. The van der Waals surface area contributed by atoms with Crippen LogP contribution >= 0.6 is 0 Å². The lowest BCUT2D eigenvalue weighted by Crippen LogP contribution is -2.28. The third-order valence-corrected chi connectivity index (χ3v) is 4.50. The summed E-state index contributed by atoms with van der Waals surface area (Å²) in [4.78, 5) is -0.628. The lowest BCUT2D eigenvalue weighted by molar-refractivity contribution is 0.457. The molecule has 0 atom stereocenters. The number of halogens is 2. The normalized spacial score (nSPS) is 12.1. The second-order valence-electron chi connectivity index (χ2n) is 3.84. The van der Waals surface area contributed by atoms with Crippen LogP contribution in [0.1, 0.15) is 12.5 Å². The average molecular weight is 278 g/mol. The van der Waals surface area contributed by atoms with Crippen molar-refractivity contribution in [1.29, 1.82) is 0 Å². The highest BCUT2D eigenvalue weighted by molar-refractivity contribution is 7.89. The zero-order valence-corrected chi connectivity index (χ0v) is 11.3. The van der Waals surface area contributed by atoms with E-state index in [0.717, 1.165) is 16.4 Å². The smallest absolute Gasteiger partial charge is 0.245 e. The molecule has 4 nitrogen and oxygen atoms in total. The van der Waals surface area contributed by atoms with Crippen LogP contribution in [-0.2, 0) is 16.6 Å². The van der Waals surface area contributed by atoms with Crippen molar-refractivity contribution in [3.8, 4) is 0 Å². The Morgan fingerprint density at radius 1 is 1.33 bits per heavy atom. The van der Waals surface area contributed by atoms with E-state index in [-0.39, 0.29) is 13.1 Å². The van der Waals surface area contributed by atoms with Crippen LogP contribution in [0.5, 0.6) is 0 Å². The van der Waals surface area contributed by atoms with Gasteiger partial charge in [0.15, 0.2) is 11.6 Å². The SMILES string of the molecule is CCN(C)S(=O)(=O)c1cc(CNC)cc(F)c1F. The maximum absolute atomic E-state index is 13.6. The van der Waals surface area contributed by atoms with Gasteiger partial charge in [-0.3, -0.25) is 0 Å². The van der Waals surface area contributed by atoms with E-state index >= 15 is 0 Å². The highest BCUT2D eigenvalue weighted by atomic mass is 32.2. The highest BCUT2D eigenvalue weighted by Gasteiger charge is 2.26. The molecule has 0 spiro atoms. The Morgan fingerprint density at radius 3 is 2.44 bits per heavy atom. The predicted octanol–water partition coefficient (Wildman–Crippen LogP) is 1.32. The molecule has 0 unspecified atom stereocenters. The van der Waals surface area contributed by atoms with E-state index < -0.39 is 26.6 Å². The number of nitrogens with one attached hydrogen (secondary N) is 1. The molecule has 0 fully saturated rings. The van der Waals surface area contributed by atoms with Crippen molar-refractivity contribution >= 4 is 10.0 Å². The molecule has 0 aliphatic carbocycles. The Hall–Kier alpha value is -1.05. The van der Waals surface area contributed by atoms with E-state index in [1.54, 1.807) is 14.0 Å². The largest absolute Gasteiger partial charge is 0.316 e. The molecule has 0 heterocycles. The van der Waals surface area contributed by atoms with E-state index in [4.69, 9.17) is 0 Å². The predicted molar refractivity (Wildman–Crippen MR) is 64.6 cm³/mol. The van der Waals surface area contributed by atoms with Gasteiger partial charge in [-0.2, -0.15) is 0 Å². The van der Waals surface area contributed by atoms with Gasteiger partial charge in [0.1, 0.15) is 4.90 Å². The molecular weight excluding hydrogens is 262 g/mol. The van der Waals surface area contributed by atoms with Crippen molar-refractivity contribution in [3.05, 3.63) is 29.3 Å². The number of hydrogen-bond donors (Lipinski definition) is 1. The number of benzene rings is 1. The van der Waals surface area contributed by atoms with Gasteiger partial charge in [0.25, 0.3) is 0 Å². The van der Waals surface area contributed by atoms with Crippen LogP contribution in [0.4, 0.5) is 8.78 Å². The summed E-state index contributed by atoms with van der Waals surface area (Å²) in [5.41, 5.74) is 0.375. The van der Waals surface area contributed by atoms with Crippen molar-refractivity contribution < 1.29 is 17.2 Å². The maximum Gasteiger partial charge on any atom is 0.245 e. The van der Waals surface area contributed by atoms with Crippen LogP contribution in [0.25, 0.3) is 0 Å². The zero-order chi connectivity index (χ0) is 13.9. The van der Waals surface area contributed by atoms with E-state index in [2.05, 4.69) is 5.32 Å². The van der Waals surface area contributed by atoms with Gasteiger partial charge >= 0.3 is 0 Å². The number of hydrogen-bond acceptors (Lipinski definition) is 3. The van der Waals surface area contributed by atoms with Gasteiger partial charge in [-0.1, -0.05) is 6.92 Å². The highest BCUT2D eigenvalue weighted by Crippen LogP contribution is 2.22. The third kappa shape index (κ3) is 2.85. The zero-order valence-electron chi connectivity index (χ0n) is 10.5. The molecule has 0 aromatic heterocycles. The third-order valence-electron chi connectivity index (χ3n) is 2.57. The van der Waals surface area contributed by atoms with Gasteiger partial charge in [-0.05, 0) is 24.7 Å². The van der Waals surface area contributed by atoms with Gasteiger partial charge in [-0.15, -0.1) is 0 Å². The first-order valence-electron chi connectivity index (χ1n) is 5.43. The fourth-order valence-corrected chi connectivity index (χ4v) is 2.75. The molecule has 0 amide bonds. The summed E-state index contributed by atoms with van der Waals surface area (Å²) in [6.07, 6.45) is 0. The standard InChI is InChI=1S/C11H16F2N2O2S/c1-4-15(3)18(16,17)10-6-8(7-14-2)5-9(12)11(10)13/h5-6,14H,4,7H2,1-3H3. The quantitative estimate of drug-likeness (QED) is 0.884. The minimum atomic E-state index is -3.99. The van der Waals surface area contributed by atoms with E-state index in [9.17, 15) is 17.2 Å². The van der Waals surface area contributed by atoms with Crippen molar-refractivity contribution in [3.63, 3.8) is 0 Å². The lowest BCUT2D eigenvalue weighted by atomic mass is 10.2. The lowest BCUT2D eigenvalue weighted by Gasteiger charge is -2.16. The molecule has 7 heteroatoms. The van der Waals surface area contributed by atoms with Gasteiger partial charge in [0, 0.05) is 20.1 Å². The molecule has 1 rings (SSSR count). The Kier molecular flexibility index (Phi) is 4.78. The molecular formula is C11H16F2N2O2S. The molecule has 0 bridgehead atoms. The Morgan fingerprint density at radius 2 is 1.94 bits per heavy atom. The average Bonchev–Trinajstić information content (AvgIpc) is 2.32. The second-order valence-corrected chi connectivity index (χ2v) is 5.85. The molecule has 0 aliphatic heterocycles. The molecule has 102 valence electrons.